The lowest BCUT2D eigenvalue weighted by atomic mass is 10.0. The monoisotopic (exact) mass is 353 g/mol. The number of halogens is 1. The highest BCUT2D eigenvalue weighted by Gasteiger charge is 2.16. The first-order valence-corrected chi connectivity index (χ1v) is 8.45. The van der Waals surface area contributed by atoms with E-state index in [1.165, 1.54) is 6.07 Å². The van der Waals surface area contributed by atoms with Gasteiger partial charge in [-0.15, -0.1) is 0 Å². The fourth-order valence-corrected chi connectivity index (χ4v) is 3.03. The van der Waals surface area contributed by atoms with Crippen molar-refractivity contribution in [3.63, 3.8) is 0 Å². The van der Waals surface area contributed by atoms with Gasteiger partial charge in [0.1, 0.15) is 11.5 Å². The van der Waals surface area contributed by atoms with Crippen LogP contribution in [0, 0.1) is 5.82 Å². The van der Waals surface area contributed by atoms with Crippen molar-refractivity contribution >= 4 is 22.7 Å². The molecule has 5 nitrogen and oxygen atoms in total. The number of amides is 2. The number of aromatic nitrogens is 1. The summed E-state index contributed by atoms with van der Waals surface area (Å²) in [5, 5.41) is 3.67. The summed E-state index contributed by atoms with van der Waals surface area (Å²) in [6.07, 6.45) is 1.05. The van der Waals surface area contributed by atoms with Gasteiger partial charge in [0, 0.05) is 23.9 Å². The Labute approximate surface area is 150 Å². The summed E-state index contributed by atoms with van der Waals surface area (Å²) in [4.78, 5) is 26.8. The Morgan fingerprint density at radius 3 is 2.54 bits per heavy atom. The zero-order chi connectivity index (χ0) is 18.5. The van der Waals surface area contributed by atoms with Crippen LogP contribution >= 0.6 is 0 Å². The third-order valence-electron chi connectivity index (χ3n) is 4.34. The Bertz CT molecular complexity index is 949. The molecule has 3 rings (SSSR count). The minimum atomic E-state index is -0.545. The molecule has 6 heteroatoms. The summed E-state index contributed by atoms with van der Waals surface area (Å²) in [5.41, 5.74) is 7.91. The first-order valence-electron chi connectivity index (χ1n) is 8.45. The molecule has 26 heavy (non-hydrogen) atoms. The summed E-state index contributed by atoms with van der Waals surface area (Å²) < 4.78 is 13.6. The maximum absolute atomic E-state index is 13.6. The number of hydrogen-bond donors (Lipinski definition) is 3. The number of aryl methyl sites for hydroxylation is 1. The number of nitrogens with one attached hydrogen (secondary N) is 2. The summed E-state index contributed by atoms with van der Waals surface area (Å²) in [6.45, 7) is 0.357. The fraction of sp³-hybridized carbons (Fsp3) is 0.200. The molecule has 0 spiro atoms. The van der Waals surface area contributed by atoms with Crippen LogP contribution in [0.5, 0.6) is 0 Å². The molecule has 1 heterocycles. The van der Waals surface area contributed by atoms with E-state index in [4.69, 9.17) is 5.73 Å². The number of H-pyrrole nitrogens is 1. The van der Waals surface area contributed by atoms with Crippen molar-refractivity contribution < 1.29 is 14.0 Å². The largest absolute Gasteiger partial charge is 0.364 e. The van der Waals surface area contributed by atoms with Gasteiger partial charge in [-0.2, -0.15) is 0 Å². The number of carbonyl (C=O) groups is 2. The SMILES string of the molecule is NC(=O)c1[nH]c2ccccc2c1CCC(=O)NCCc1ccccc1F. The Hall–Kier alpha value is -3.15. The van der Waals surface area contributed by atoms with Gasteiger partial charge in [0.15, 0.2) is 0 Å². The maximum atomic E-state index is 13.6. The predicted octanol–water partition coefficient (Wildman–Crippen LogP) is 2.70. The molecule has 4 N–H and O–H groups in total. The van der Waals surface area contributed by atoms with E-state index in [0.29, 0.717) is 30.6 Å². The number of rotatable bonds is 7. The van der Waals surface area contributed by atoms with Crippen molar-refractivity contribution in [1.29, 1.82) is 0 Å². The van der Waals surface area contributed by atoms with Crippen LogP contribution in [0.1, 0.15) is 28.0 Å². The molecule has 0 fully saturated rings. The summed E-state index contributed by atoms with van der Waals surface area (Å²) >= 11 is 0. The van der Waals surface area contributed by atoms with E-state index in [0.717, 1.165) is 16.5 Å². The quantitative estimate of drug-likeness (QED) is 0.610. The third kappa shape index (κ3) is 3.91. The molecule has 0 saturated carbocycles. The number of hydrogen-bond acceptors (Lipinski definition) is 2. The molecule has 0 unspecified atom stereocenters. The molecular formula is C20H20FN3O2. The van der Waals surface area contributed by atoms with E-state index in [2.05, 4.69) is 10.3 Å². The molecule has 134 valence electrons. The normalized spacial score (nSPS) is 10.8. The number of fused-ring (bicyclic) bond motifs is 1. The molecule has 2 amide bonds. The van der Waals surface area contributed by atoms with Gasteiger partial charge in [0.25, 0.3) is 5.91 Å². The number of aromatic amines is 1. The third-order valence-corrected chi connectivity index (χ3v) is 4.34. The van der Waals surface area contributed by atoms with Gasteiger partial charge >= 0.3 is 0 Å². The average Bonchev–Trinajstić information content (AvgIpc) is 3.00. The number of carbonyl (C=O) groups excluding carboxylic acids is 2. The van der Waals surface area contributed by atoms with Crippen LogP contribution in [0.2, 0.25) is 0 Å². The lowest BCUT2D eigenvalue weighted by Gasteiger charge is -2.07. The second-order valence-electron chi connectivity index (χ2n) is 6.08. The highest BCUT2D eigenvalue weighted by Crippen LogP contribution is 2.23. The Balaban J connectivity index is 1.59. The fourth-order valence-electron chi connectivity index (χ4n) is 3.03. The van der Waals surface area contributed by atoms with Gasteiger partial charge in [0.05, 0.1) is 0 Å². The van der Waals surface area contributed by atoms with Crippen LogP contribution in [0.15, 0.2) is 48.5 Å². The smallest absolute Gasteiger partial charge is 0.265 e. The van der Waals surface area contributed by atoms with Crippen molar-refractivity contribution in [3.05, 3.63) is 71.2 Å². The van der Waals surface area contributed by atoms with E-state index < -0.39 is 5.91 Å². The zero-order valence-corrected chi connectivity index (χ0v) is 14.2. The van der Waals surface area contributed by atoms with E-state index in [1.54, 1.807) is 18.2 Å². The number of benzene rings is 2. The minimum Gasteiger partial charge on any atom is -0.364 e. The van der Waals surface area contributed by atoms with Crippen LogP contribution in [0.25, 0.3) is 10.9 Å². The standard InChI is InChI=1S/C20H20FN3O2/c21-16-7-3-1-5-13(16)11-12-23-18(25)10-9-15-14-6-2-4-8-17(14)24-19(15)20(22)26/h1-8,24H,9-12H2,(H2,22,26)(H,23,25). The van der Waals surface area contributed by atoms with Crippen LogP contribution in [-0.2, 0) is 17.6 Å². The second-order valence-corrected chi connectivity index (χ2v) is 6.08. The van der Waals surface area contributed by atoms with Crippen LogP contribution in [0.4, 0.5) is 4.39 Å². The van der Waals surface area contributed by atoms with E-state index in [1.807, 2.05) is 24.3 Å². The highest BCUT2D eigenvalue weighted by molar-refractivity contribution is 6.00. The van der Waals surface area contributed by atoms with Gasteiger partial charge < -0.3 is 16.0 Å². The maximum Gasteiger partial charge on any atom is 0.265 e. The van der Waals surface area contributed by atoms with Crippen molar-refractivity contribution in [2.24, 2.45) is 5.73 Å². The lowest BCUT2D eigenvalue weighted by molar-refractivity contribution is -0.121. The van der Waals surface area contributed by atoms with Crippen molar-refractivity contribution in [3.8, 4) is 0 Å². The predicted molar refractivity (Wildman–Crippen MR) is 98.3 cm³/mol. The van der Waals surface area contributed by atoms with Gasteiger partial charge in [-0.1, -0.05) is 36.4 Å². The first kappa shape index (κ1) is 17.7. The van der Waals surface area contributed by atoms with Crippen LogP contribution in [0.3, 0.4) is 0 Å². The topological polar surface area (TPSA) is 88.0 Å². The molecule has 3 aromatic rings. The lowest BCUT2D eigenvalue weighted by Crippen LogP contribution is -2.26. The Morgan fingerprint density at radius 2 is 1.77 bits per heavy atom. The van der Waals surface area contributed by atoms with Gasteiger partial charge in [-0.05, 0) is 36.1 Å². The Morgan fingerprint density at radius 1 is 1.04 bits per heavy atom. The molecule has 0 atom stereocenters. The van der Waals surface area contributed by atoms with Gasteiger partial charge in [-0.3, -0.25) is 9.59 Å². The van der Waals surface area contributed by atoms with Gasteiger partial charge in [0.2, 0.25) is 5.91 Å². The molecule has 0 aliphatic rings. The molecule has 2 aromatic carbocycles. The summed E-state index contributed by atoms with van der Waals surface area (Å²) in [5.74, 6) is -0.968. The van der Waals surface area contributed by atoms with Crippen molar-refractivity contribution in [2.45, 2.75) is 19.3 Å². The summed E-state index contributed by atoms with van der Waals surface area (Å²) in [6, 6.07) is 14.0. The van der Waals surface area contributed by atoms with Crippen molar-refractivity contribution in [2.75, 3.05) is 6.54 Å². The summed E-state index contributed by atoms with van der Waals surface area (Å²) in [7, 11) is 0. The van der Waals surface area contributed by atoms with E-state index in [-0.39, 0.29) is 18.1 Å². The first-order chi connectivity index (χ1) is 12.6. The van der Waals surface area contributed by atoms with E-state index >= 15 is 0 Å². The zero-order valence-electron chi connectivity index (χ0n) is 14.2. The second kappa shape index (κ2) is 7.82. The highest BCUT2D eigenvalue weighted by atomic mass is 19.1. The number of para-hydroxylation sites is 1. The number of nitrogens with two attached hydrogens (primary N) is 1. The van der Waals surface area contributed by atoms with Crippen LogP contribution < -0.4 is 11.1 Å². The molecule has 0 bridgehead atoms. The molecule has 0 aliphatic heterocycles. The molecule has 1 aromatic heterocycles. The molecule has 0 radical (unpaired) electrons. The average molecular weight is 353 g/mol. The minimum absolute atomic E-state index is 0.151. The van der Waals surface area contributed by atoms with E-state index in [9.17, 15) is 14.0 Å². The Kier molecular flexibility index (Phi) is 5.31. The van der Waals surface area contributed by atoms with Gasteiger partial charge in [-0.25, -0.2) is 4.39 Å². The number of primary amides is 1. The molecule has 0 aliphatic carbocycles. The van der Waals surface area contributed by atoms with Crippen LogP contribution in [-0.4, -0.2) is 23.3 Å². The molecule has 0 saturated heterocycles. The molecular weight excluding hydrogens is 333 g/mol. The van der Waals surface area contributed by atoms with Crippen molar-refractivity contribution in [1.82, 2.24) is 10.3 Å².